The minimum absolute atomic E-state index is 0.0503. The average molecular weight is 310 g/mol. The normalized spacial score (nSPS) is 12.1. The molecule has 0 radical (unpaired) electrons. The molecule has 2 rings (SSSR count). The molecule has 1 atom stereocenters. The minimum atomic E-state index is -0.508. The molecular weight excluding hydrogens is 294 g/mol. The van der Waals surface area contributed by atoms with E-state index in [1.807, 2.05) is 29.6 Å². The van der Waals surface area contributed by atoms with Crippen molar-refractivity contribution in [1.82, 2.24) is 5.32 Å². The van der Waals surface area contributed by atoms with Gasteiger partial charge < -0.3 is 10.4 Å². The van der Waals surface area contributed by atoms with Crippen molar-refractivity contribution in [2.24, 2.45) is 0 Å². The standard InChI is InChI=1S/C15H16ClNO2S/c16-12-5-3-11(4-6-12)10-15(19)17-8-7-13(18)14-2-1-9-20-14/h1-6,9,13,18H,7-8,10H2,(H,17,19). The first-order valence-corrected chi connectivity index (χ1v) is 7.63. The highest BCUT2D eigenvalue weighted by atomic mass is 35.5. The Morgan fingerprint density at radius 3 is 2.70 bits per heavy atom. The number of hydrogen-bond acceptors (Lipinski definition) is 3. The molecule has 2 N–H and O–H groups in total. The number of amides is 1. The highest BCUT2D eigenvalue weighted by Gasteiger charge is 2.09. The van der Waals surface area contributed by atoms with Gasteiger partial charge in [-0.3, -0.25) is 4.79 Å². The van der Waals surface area contributed by atoms with Crippen LogP contribution < -0.4 is 5.32 Å². The van der Waals surface area contributed by atoms with Crippen LogP contribution >= 0.6 is 22.9 Å². The van der Waals surface area contributed by atoms with E-state index >= 15 is 0 Å². The summed E-state index contributed by atoms with van der Waals surface area (Å²) in [6.07, 6.45) is 0.338. The monoisotopic (exact) mass is 309 g/mol. The van der Waals surface area contributed by atoms with Crippen LogP contribution in [0.2, 0.25) is 5.02 Å². The summed E-state index contributed by atoms with van der Waals surface area (Å²) < 4.78 is 0. The minimum Gasteiger partial charge on any atom is -0.388 e. The highest BCUT2D eigenvalue weighted by molar-refractivity contribution is 7.10. The van der Waals surface area contributed by atoms with Crippen molar-refractivity contribution < 1.29 is 9.90 Å². The molecule has 1 aromatic carbocycles. The second-order valence-corrected chi connectivity index (χ2v) is 5.89. The number of hydrogen-bond donors (Lipinski definition) is 2. The topological polar surface area (TPSA) is 49.3 Å². The van der Waals surface area contributed by atoms with Crippen LogP contribution in [0, 0.1) is 0 Å². The Labute approximate surface area is 127 Å². The van der Waals surface area contributed by atoms with Gasteiger partial charge in [-0.2, -0.15) is 0 Å². The maximum absolute atomic E-state index is 11.7. The molecule has 1 amide bonds. The molecule has 0 saturated heterocycles. The Hall–Kier alpha value is -1.36. The van der Waals surface area contributed by atoms with E-state index in [9.17, 15) is 9.90 Å². The zero-order chi connectivity index (χ0) is 14.4. The van der Waals surface area contributed by atoms with Crippen molar-refractivity contribution in [2.45, 2.75) is 18.9 Å². The van der Waals surface area contributed by atoms with Gasteiger partial charge in [0.25, 0.3) is 0 Å². The van der Waals surface area contributed by atoms with Gasteiger partial charge in [0.2, 0.25) is 5.91 Å². The van der Waals surface area contributed by atoms with Crippen LogP contribution in [0.1, 0.15) is 23.0 Å². The summed E-state index contributed by atoms with van der Waals surface area (Å²) in [6, 6.07) is 11.0. The van der Waals surface area contributed by atoms with Gasteiger partial charge in [-0.25, -0.2) is 0 Å². The number of thiophene rings is 1. The third-order valence-electron chi connectivity index (χ3n) is 2.89. The number of aliphatic hydroxyl groups excluding tert-OH is 1. The molecule has 0 saturated carbocycles. The Morgan fingerprint density at radius 1 is 1.30 bits per heavy atom. The fourth-order valence-electron chi connectivity index (χ4n) is 1.82. The molecule has 1 unspecified atom stereocenters. The van der Waals surface area contributed by atoms with Crippen LogP contribution in [0.5, 0.6) is 0 Å². The largest absolute Gasteiger partial charge is 0.388 e. The Bertz CT molecular complexity index is 540. The van der Waals surface area contributed by atoms with E-state index in [0.717, 1.165) is 10.4 Å². The average Bonchev–Trinajstić information content (AvgIpc) is 2.95. The van der Waals surface area contributed by atoms with Gasteiger partial charge in [-0.15, -0.1) is 11.3 Å². The van der Waals surface area contributed by atoms with Crippen LogP contribution in [-0.2, 0) is 11.2 Å². The van der Waals surface area contributed by atoms with E-state index in [-0.39, 0.29) is 5.91 Å². The number of benzene rings is 1. The zero-order valence-electron chi connectivity index (χ0n) is 10.9. The van der Waals surface area contributed by atoms with Gasteiger partial charge in [0.1, 0.15) is 0 Å². The van der Waals surface area contributed by atoms with Crippen molar-refractivity contribution in [3.05, 3.63) is 57.2 Å². The molecule has 20 heavy (non-hydrogen) atoms. The third-order valence-corrected chi connectivity index (χ3v) is 4.12. The fraction of sp³-hybridized carbons (Fsp3) is 0.267. The van der Waals surface area contributed by atoms with Gasteiger partial charge in [-0.05, 0) is 35.6 Å². The molecule has 1 aromatic heterocycles. The van der Waals surface area contributed by atoms with Gasteiger partial charge >= 0.3 is 0 Å². The number of carbonyl (C=O) groups excluding carboxylic acids is 1. The predicted octanol–water partition coefficient (Wildman–Crippen LogP) is 3.18. The molecule has 0 bridgehead atoms. The Morgan fingerprint density at radius 2 is 2.05 bits per heavy atom. The quantitative estimate of drug-likeness (QED) is 0.861. The van der Waals surface area contributed by atoms with E-state index in [2.05, 4.69) is 5.32 Å². The van der Waals surface area contributed by atoms with Crippen molar-refractivity contribution >= 4 is 28.8 Å². The zero-order valence-corrected chi connectivity index (χ0v) is 12.5. The summed E-state index contributed by atoms with van der Waals surface area (Å²) >= 11 is 7.31. The summed E-state index contributed by atoms with van der Waals surface area (Å²) in [5.74, 6) is -0.0503. The fourth-order valence-corrected chi connectivity index (χ4v) is 2.69. The van der Waals surface area contributed by atoms with Crippen molar-refractivity contribution in [1.29, 1.82) is 0 Å². The highest BCUT2D eigenvalue weighted by Crippen LogP contribution is 2.20. The summed E-state index contributed by atoms with van der Waals surface area (Å²) in [6.45, 7) is 0.464. The summed E-state index contributed by atoms with van der Waals surface area (Å²) in [5.41, 5.74) is 0.922. The number of rotatable bonds is 6. The maximum Gasteiger partial charge on any atom is 0.224 e. The third kappa shape index (κ3) is 4.63. The molecule has 0 spiro atoms. The summed E-state index contributed by atoms with van der Waals surface area (Å²) in [5, 5.41) is 15.3. The predicted molar refractivity (Wildman–Crippen MR) is 82.1 cm³/mol. The summed E-state index contributed by atoms with van der Waals surface area (Å²) in [7, 11) is 0. The molecule has 0 fully saturated rings. The molecule has 0 aliphatic carbocycles. The lowest BCUT2D eigenvalue weighted by Gasteiger charge is -2.09. The van der Waals surface area contributed by atoms with Gasteiger partial charge in [-0.1, -0.05) is 29.8 Å². The molecule has 1 heterocycles. The van der Waals surface area contributed by atoms with E-state index < -0.39 is 6.10 Å². The first kappa shape index (κ1) is 15.0. The van der Waals surface area contributed by atoms with E-state index in [1.54, 1.807) is 12.1 Å². The van der Waals surface area contributed by atoms with E-state index in [1.165, 1.54) is 11.3 Å². The van der Waals surface area contributed by atoms with Gasteiger partial charge in [0, 0.05) is 16.4 Å². The number of halogens is 1. The van der Waals surface area contributed by atoms with Crippen LogP contribution in [0.3, 0.4) is 0 Å². The molecular formula is C15H16ClNO2S. The molecule has 2 aromatic rings. The lowest BCUT2D eigenvalue weighted by molar-refractivity contribution is -0.120. The number of nitrogens with one attached hydrogen (secondary N) is 1. The second kappa shape index (κ2) is 7.43. The molecule has 0 aliphatic rings. The first-order valence-electron chi connectivity index (χ1n) is 6.38. The number of aliphatic hydroxyl groups is 1. The molecule has 3 nitrogen and oxygen atoms in total. The van der Waals surface area contributed by atoms with Crippen molar-refractivity contribution in [2.75, 3.05) is 6.54 Å². The van der Waals surface area contributed by atoms with Crippen molar-refractivity contribution in [3.8, 4) is 0 Å². The lowest BCUT2D eigenvalue weighted by Crippen LogP contribution is -2.27. The van der Waals surface area contributed by atoms with E-state index in [0.29, 0.717) is 24.4 Å². The second-order valence-electron chi connectivity index (χ2n) is 4.47. The SMILES string of the molecule is O=C(Cc1ccc(Cl)cc1)NCCC(O)c1cccs1. The van der Waals surface area contributed by atoms with Gasteiger partial charge in [0.05, 0.1) is 12.5 Å². The van der Waals surface area contributed by atoms with Crippen LogP contribution in [0.4, 0.5) is 0 Å². The van der Waals surface area contributed by atoms with E-state index in [4.69, 9.17) is 11.6 Å². The van der Waals surface area contributed by atoms with Crippen LogP contribution in [0.15, 0.2) is 41.8 Å². The lowest BCUT2D eigenvalue weighted by atomic mass is 10.1. The van der Waals surface area contributed by atoms with Crippen LogP contribution in [-0.4, -0.2) is 17.6 Å². The smallest absolute Gasteiger partial charge is 0.224 e. The number of carbonyl (C=O) groups is 1. The Kier molecular flexibility index (Phi) is 5.59. The van der Waals surface area contributed by atoms with Crippen molar-refractivity contribution in [3.63, 3.8) is 0 Å². The van der Waals surface area contributed by atoms with Gasteiger partial charge in [0.15, 0.2) is 0 Å². The van der Waals surface area contributed by atoms with Crippen LogP contribution in [0.25, 0.3) is 0 Å². The first-order chi connectivity index (χ1) is 9.65. The molecule has 106 valence electrons. The molecule has 5 heteroatoms. The Balaban J connectivity index is 1.71. The molecule has 0 aliphatic heterocycles. The summed E-state index contributed by atoms with van der Waals surface area (Å²) in [4.78, 5) is 12.7. The maximum atomic E-state index is 11.7.